The summed E-state index contributed by atoms with van der Waals surface area (Å²) >= 11 is 0. The predicted octanol–water partition coefficient (Wildman–Crippen LogP) is 1.50. The number of carbonyl (C=O) groups is 2. The molecular formula is C14H21N3O4. The van der Waals surface area contributed by atoms with E-state index in [0.29, 0.717) is 43.9 Å². The molecule has 0 radical (unpaired) electrons. The Morgan fingerprint density at radius 3 is 2.86 bits per heavy atom. The summed E-state index contributed by atoms with van der Waals surface area (Å²) < 4.78 is 4.87. The Morgan fingerprint density at radius 2 is 2.33 bits per heavy atom. The molecule has 1 fully saturated rings. The van der Waals surface area contributed by atoms with Crippen LogP contribution in [-0.2, 0) is 9.59 Å². The smallest absolute Gasteiger partial charge is 0.310 e. The maximum atomic E-state index is 11.8. The van der Waals surface area contributed by atoms with Gasteiger partial charge in [-0.1, -0.05) is 12.1 Å². The number of aromatic nitrogens is 1. The molecule has 1 amide bonds. The third kappa shape index (κ3) is 3.60. The maximum Gasteiger partial charge on any atom is 0.310 e. The largest absolute Gasteiger partial charge is 0.481 e. The van der Waals surface area contributed by atoms with Crippen molar-refractivity contribution in [1.29, 1.82) is 0 Å². The third-order valence-electron chi connectivity index (χ3n) is 4.11. The third-order valence-corrected chi connectivity index (χ3v) is 4.11. The van der Waals surface area contributed by atoms with Gasteiger partial charge in [0.2, 0.25) is 5.91 Å². The summed E-state index contributed by atoms with van der Waals surface area (Å²) in [5.74, 6) is 0.161. The molecule has 0 aromatic carbocycles. The Balaban J connectivity index is 1.79. The first kappa shape index (κ1) is 15.5. The van der Waals surface area contributed by atoms with Gasteiger partial charge in [0.15, 0.2) is 5.82 Å². The van der Waals surface area contributed by atoms with Crippen molar-refractivity contribution in [3.63, 3.8) is 0 Å². The number of carboxylic acids is 1. The molecule has 116 valence electrons. The lowest BCUT2D eigenvalue weighted by Crippen LogP contribution is -2.35. The Kier molecular flexibility index (Phi) is 4.62. The van der Waals surface area contributed by atoms with Gasteiger partial charge in [-0.15, -0.1) is 0 Å². The zero-order valence-corrected chi connectivity index (χ0v) is 12.4. The zero-order chi connectivity index (χ0) is 15.5. The molecule has 21 heavy (non-hydrogen) atoms. The van der Waals surface area contributed by atoms with Crippen LogP contribution in [0.5, 0.6) is 0 Å². The van der Waals surface area contributed by atoms with Crippen molar-refractivity contribution in [2.45, 2.75) is 33.1 Å². The van der Waals surface area contributed by atoms with Crippen LogP contribution in [0, 0.1) is 12.3 Å². The van der Waals surface area contributed by atoms with Gasteiger partial charge in [-0.25, -0.2) is 0 Å². The molecule has 1 aliphatic rings. The monoisotopic (exact) mass is 295 g/mol. The van der Waals surface area contributed by atoms with Crippen molar-refractivity contribution in [2.75, 3.05) is 25.0 Å². The fraction of sp³-hybridized carbons (Fsp3) is 0.643. The second kappa shape index (κ2) is 6.26. The first-order chi connectivity index (χ1) is 9.95. The molecule has 1 aromatic heterocycles. The number of hydrogen-bond donors (Lipinski definition) is 2. The molecule has 0 saturated carbocycles. The van der Waals surface area contributed by atoms with Crippen LogP contribution in [0.4, 0.5) is 5.82 Å². The van der Waals surface area contributed by atoms with E-state index in [1.807, 2.05) is 11.8 Å². The average Bonchev–Trinajstić information content (AvgIpc) is 3.04. The van der Waals surface area contributed by atoms with Gasteiger partial charge < -0.3 is 19.8 Å². The summed E-state index contributed by atoms with van der Waals surface area (Å²) in [5, 5.41) is 15.7. The molecule has 0 bridgehead atoms. The molecule has 1 saturated heterocycles. The second-order valence-electron chi connectivity index (χ2n) is 5.59. The quantitative estimate of drug-likeness (QED) is 0.825. The molecule has 1 aromatic rings. The molecule has 2 N–H and O–H groups in total. The Labute approximate surface area is 123 Å². The van der Waals surface area contributed by atoms with E-state index in [4.69, 9.17) is 4.52 Å². The predicted molar refractivity (Wildman–Crippen MR) is 75.9 cm³/mol. The van der Waals surface area contributed by atoms with Gasteiger partial charge >= 0.3 is 5.97 Å². The Morgan fingerprint density at radius 1 is 1.57 bits per heavy atom. The highest BCUT2D eigenvalue weighted by molar-refractivity contribution is 5.89. The fourth-order valence-corrected chi connectivity index (χ4v) is 2.65. The first-order valence-corrected chi connectivity index (χ1v) is 7.14. The number of aryl methyl sites for hydroxylation is 1. The van der Waals surface area contributed by atoms with Gasteiger partial charge in [-0.05, 0) is 26.3 Å². The number of carboxylic acid groups (broad SMARTS) is 1. The second-order valence-corrected chi connectivity index (χ2v) is 5.59. The standard InChI is InChI=1S/C14H21N3O4/c1-3-14(13(19)20)5-7-17(9-14)6-4-12(18)15-11-8-10(2)21-16-11/h8H,3-7,9H2,1-2H3,(H,19,20)(H,15,16,18). The summed E-state index contributed by atoms with van der Waals surface area (Å²) in [5.41, 5.74) is -0.653. The Bertz CT molecular complexity index is 528. The first-order valence-electron chi connectivity index (χ1n) is 7.14. The number of hydrogen-bond acceptors (Lipinski definition) is 5. The molecule has 7 nitrogen and oxygen atoms in total. The van der Waals surface area contributed by atoms with Crippen molar-refractivity contribution >= 4 is 17.7 Å². The van der Waals surface area contributed by atoms with Crippen LogP contribution in [0.3, 0.4) is 0 Å². The van der Waals surface area contributed by atoms with Crippen LogP contribution in [0.15, 0.2) is 10.6 Å². The normalized spacial score (nSPS) is 22.4. The van der Waals surface area contributed by atoms with E-state index in [-0.39, 0.29) is 5.91 Å². The lowest BCUT2D eigenvalue weighted by Gasteiger charge is -2.22. The number of nitrogens with one attached hydrogen (secondary N) is 1. The van der Waals surface area contributed by atoms with Gasteiger partial charge in [-0.2, -0.15) is 0 Å². The van der Waals surface area contributed by atoms with Gasteiger partial charge in [-0.3, -0.25) is 9.59 Å². The van der Waals surface area contributed by atoms with E-state index in [2.05, 4.69) is 10.5 Å². The van der Waals surface area contributed by atoms with Crippen LogP contribution in [0.1, 0.15) is 31.9 Å². The summed E-state index contributed by atoms with van der Waals surface area (Å²) in [6.45, 7) is 5.43. The van der Waals surface area contributed by atoms with Crippen molar-refractivity contribution in [2.24, 2.45) is 5.41 Å². The molecule has 1 atom stereocenters. The molecular weight excluding hydrogens is 274 g/mol. The highest BCUT2D eigenvalue weighted by Gasteiger charge is 2.42. The van der Waals surface area contributed by atoms with Crippen LogP contribution in [0.2, 0.25) is 0 Å². The zero-order valence-electron chi connectivity index (χ0n) is 12.4. The number of nitrogens with zero attached hydrogens (tertiary/aromatic N) is 2. The van der Waals surface area contributed by atoms with Gasteiger partial charge in [0.05, 0.1) is 5.41 Å². The van der Waals surface area contributed by atoms with E-state index >= 15 is 0 Å². The summed E-state index contributed by atoms with van der Waals surface area (Å²) in [7, 11) is 0. The van der Waals surface area contributed by atoms with Crippen molar-refractivity contribution < 1.29 is 19.2 Å². The molecule has 1 unspecified atom stereocenters. The number of anilines is 1. The number of rotatable bonds is 6. The minimum absolute atomic E-state index is 0.146. The van der Waals surface area contributed by atoms with E-state index in [1.54, 1.807) is 13.0 Å². The van der Waals surface area contributed by atoms with E-state index in [9.17, 15) is 14.7 Å². The minimum Gasteiger partial charge on any atom is -0.481 e. The molecule has 2 heterocycles. The van der Waals surface area contributed by atoms with Crippen LogP contribution < -0.4 is 5.32 Å². The van der Waals surface area contributed by atoms with Crippen LogP contribution in [-0.4, -0.2) is 46.7 Å². The molecule has 1 aliphatic heterocycles. The topological polar surface area (TPSA) is 95.7 Å². The van der Waals surface area contributed by atoms with Crippen molar-refractivity contribution in [1.82, 2.24) is 10.1 Å². The summed E-state index contributed by atoms with van der Waals surface area (Å²) in [4.78, 5) is 25.2. The summed E-state index contributed by atoms with van der Waals surface area (Å²) in [6.07, 6.45) is 1.57. The van der Waals surface area contributed by atoms with Gasteiger partial charge in [0.25, 0.3) is 0 Å². The van der Waals surface area contributed by atoms with E-state index in [1.165, 1.54) is 0 Å². The van der Waals surface area contributed by atoms with E-state index in [0.717, 1.165) is 6.54 Å². The molecule has 0 spiro atoms. The Hall–Kier alpha value is -1.89. The lowest BCUT2D eigenvalue weighted by atomic mass is 9.84. The van der Waals surface area contributed by atoms with Crippen LogP contribution in [0.25, 0.3) is 0 Å². The number of amides is 1. The highest BCUT2D eigenvalue weighted by Crippen LogP contribution is 2.34. The molecule has 0 aliphatic carbocycles. The number of carbonyl (C=O) groups excluding carboxylic acids is 1. The molecule has 7 heteroatoms. The van der Waals surface area contributed by atoms with E-state index < -0.39 is 11.4 Å². The van der Waals surface area contributed by atoms with Crippen molar-refractivity contribution in [3.8, 4) is 0 Å². The highest BCUT2D eigenvalue weighted by atomic mass is 16.5. The van der Waals surface area contributed by atoms with Crippen LogP contribution >= 0.6 is 0 Å². The van der Waals surface area contributed by atoms with Gasteiger partial charge in [0.1, 0.15) is 5.76 Å². The van der Waals surface area contributed by atoms with Gasteiger partial charge in [0, 0.05) is 25.6 Å². The summed E-state index contributed by atoms with van der Waals surface area (Å²) in [6, 6.07) is 1.65. The maximum absolute atomic E-state index is 11.8. The number of aliphatic carboxylic acids is 1. The molecule has 2 rings (SSSR count). The number of likely N-dealkylation sites (tertiary alicyclic amines) is 1. The van der Waals surface area contributed by atoms with Crippen molar-refractivity contribution in [3.05, 3.63) is 11.8 Å². The lowest BCUT2D eigenvalue weighted by molar-refractivity contribution is -0.148. The minimum atomic E-state index is -0.741. The SMILES string of the molecule is CCC1(C(=O)O)CCN(CCC(=O)Nc2cc(C)on2)C1. The fourth-order valence-electron chi connectivity index (χ4n) is 2.65. The average molecular weight is 295 g/mol.